The molecule has 3 nitrogen and oxygen atoms in total. The van der Waals surface area contributed by atoms with Gasteiger partial charge in [0.25, 0.3) is 0 Å². The van der Waals surface area contributed by atoms with Gasteiger partial charge in [-0.1, -0.05) is 19.1 Å². The van der Waals surface area contributed by atoms with Crippen LogP contribution in [0.1, 0.15) is 24.0 Å². The van der Waals surface area contributed by atoms with Crippen LogP contribution in [0.4, 0.5) is 0 Å². The lowest BCUT2D eigenvalue weighted by atomic mass is 9.71. The highest BCUT2D eigenvalue weighted by Crippen LogP contribution is 2.40. The summed E-state index contributed by atoms with van der Waals surface area (Å²) in [6.45, 7) is 3.25. The number of likely N-dealkylation sites (tertiary alicyclic amines) is 1. The van der Waals surface area contributed by atoms with E-state index in [0.717, 1.165) is 13.0 Å². The molecule has 0 bridgehead atoms. The number of aliphatic hydroxyl groups excluding tert-OH is 1. The van der Waals surface area contributed by atoms with Crippen molar-refractivity contribution in [1.82, 2.24) is 4.98 Å². The zero-order chi connectivity index (χ0) is 13.1. The van der Waals surface area contributed by atoms with Gasteiger partial charge in [-0.15, -0.1) is 0 Å². The Bertz CT molecular complexity index is 633. The molecule has 1 saturated heterocycles. The van der Waals surface area contributed by atoms with Gasteiger partial charge in [-0.25, -0.2) is 0 Å². The van der Waals surface area contributed by atoms with E-state index in [1.54, 1.807) is 4.90 Å². The molecule has 1 aliphatic heterocycles. The van der Waals surface area contributed by atoms with Crippen molar-refractivity contribution >= 4 is 10.9 Å². The number of benzene rings is 1. The number of rotatable bonds is 0. The first-order valence-corrected chi connectivity index (χ1v) is 7.26. The van der Waals surface area contributed by atoms with Crippen molar-refractivity contribution in [3.05, 3.63) is 35.5 Å². The van der Waals surface area contributed by atoms with Crippen molar-refractivity contribution in [2.45, 2.75) is 31.4 Å². The molecule has 0 amide bonds. The van der Waals surface area contributed by atoms with E-state index in [4.69, 9.17) is 0 Å². The van der Waals surface area contributed by atoms with Crippen LogP contribution in [0.25, 0.3) is 10.9 Å². The third-order valence-electron chi connectivity index (χ3n) is 5.28. The fourth-order valence-electron chi connectivity index (χ4n) is 4.34. The monoisotopic (exact) mass is 257 g/mol. The van der Waals surface area contributed by atoms with E-state index in [-0.39, 0.29) is 12.0 Å². The predicted octanol–water partition coefficient (Wildman–Crippen LogP) is 0.702. The highest BCUT2D eigenvalue weighted by atomic mass is 16.3. The number of quaternary nitrogens is 1. The molecule has 4 rings (SSSR count). The molecule has 2 unspecified atom stereocenters. The van der Waals surface area contributed by atoms with Gasteiger partial charge < -0.3 is 15.0 Å². The number of hydrogen-bond acceptors (Lipinski definition) is 1. The Morgan fingerprint density at radius 1 is 1.37 bits per heavy atom. The number of H-pyrrole nitrogens is 1. The molecule has 1 fully saturated rings. The van der Waals surface area contributed by atoms with Gasteiger partial charge in [-0.05, 0) is 17.2 Å². The van der Waals surface area contributed by atoms with Crippen molar-refractivity contribution in [2.24, 2.45) is 5.92 Å². The maximum Gasteiger partial charge on any atom is 0.101 e. The minimum Gasteiger partial charge on any atom is -0.392 e. The molecule has 2 aliphatic rings. The molecule has 0 saturated carbocycles. The van der Waals surface area contributed by atoms with Gasteiger partial charge in [0.15, 0.2) is 0 Å². The largest absolute Gasteiger partial charge is 0.392 e. The van der Waals surface area contributed by atoms with Crippen LogP contribution in [-0.4, -0.2) is 35.8 Å². The number of likely N-dealkylation sites (N-methyl/N-ethyl adjacent to an activating group) is 1. The van der Waals surface area contributed by atoms with Crippen LogP contribution in [0.5, 0.6) is 0 Å². The van der Waals surface area contributed by atoms with Crippen LogP contribution < -0.4 is 4.90 Å². The maximum absolute atomic E-state index is 10.7. The Balaban J connectivity index is 1.94. The summed E-state index contributed by atoms with van der Waals surface area (Å²) in [5, 5.41) is 12.0. The molecule has 100 valence electrons. The fraction of sp³-hybridized carbons (Fsp3) is 0.500. The topological polar surface area (TPSA) is 40.5 Å². The SMILES string of the molecule is C[C@@H]1C[NH+](C)[C@@H]2Cc3c[nH]c4cccc(c34)C2[C@H]1O. The number of aromatic nitrogens is 1. The third-order valence-corrected chi connectivity index (χ3v) is 5.28. The van der Waals surface area contributed by atoms with E-state index in [1.807, 2.05) is 0 Å². The normalized spacial score (nSPS) is 37.3. The van der Waals surface area contributed by atoms with E-state index < -0.39 is 0 Å². The van der Waals surface area contributed by atoms with Crippen molar-refractivity contribution in [3.63, 3.8) is 0 Å². The first-order chi connectivity index (χ1) is 9.16. The second-order valence-corrected chi connectivity index (χ2v) is 6.44. The Morgan fingerprint density at radius 3 is 3.05 bits per heavy atom. The van der Waals surface area contributed by atoms with Crippen LogP contribution in [0.2, 0.25) is 0 Å². The molecule has 2 heterocycles. The highest BCUT2D eigenvalue weighted by molar-refractivity contribution is 5.88. The number of fused-ring (bicyclic) bond motifs is 2. The Kier molecular flexibility index (Phi) is 2.32. The minimum absolute atomic E-state index is 0.206. The Labute approximate surface area is 113 Å². The smallest absolute Gasteiger partial charge is 0.101 e. The molecule has 1 aliphatic carbocycles. The lowest BCUT2D eigenvalue weighted by molar-refractivity contribution is -0.918. The first-order valence-electron chi connectivity index (χ1n) is 7.26. The lowest BCUT2D eigenvalue weighted by Crippen LogP contribution is -3.16. The van der Waals surface area contributed by atoms with Crippen molar-refractivity contribution < 1.29 is 10.0 Å². The second-order valence-electron chi connectivity index (χ2n) is 6.44. The summed E-state index contributed by atoms with van der Waals surface area (Å²) in [6.07, 6.45) is 3.03. The number of piperidine rings is 1. The molecular weight excluding hydrogens is 236 g/mol. The Hall–Kier alpha value is -1.32. The van der Waals surface area contributed by atoms with Crippen LogP contribution >= 0.6 is 0 Å². The summed E-state index contributed by atoms with van der Waals surface area (Å²) in [5.41, 5.74) is 3.99. The first kappa shape index (κ1) is 11.5. The summed E-state index contributed by atoms with van der Waals surface area (Å²) in [4.78, 5) is 4.94. The van der Waals surface area contributed by atoms with Crippen molar-refractivity contribution in [3.8, 4) is 0 Å². The molecule has 3 heteroatoms. The van der Waals surface area contributed by atoms with E-state index in [2.05, 4.69) is 43.4 Å². The van der Waals surface area contributed by atoms with Crippen LogP contribution in [0.3, 0.4) is 0 Å². The molecule has 5 atom stereocenters. The van der Waals surface area contributed by atoms with Gasteiger partial charge in [0.2, 0.25) is 0 Å². The van der Waals surface area contributed by atoms with E-state index in [9.17, 15) is 5.11 Å². The Morgan fingerprint density at radius 2 is 2.21 bits per heavy atom. The molecule has 1 aromatic carbocycles. The molecule has 0 spiro atoms. The molecule has 0 radical (unpaired) electrons. The van der Waals surface area contributed by atoms with Gasteiger partial charge in [-0.2, -0.15) is 0 Å². The maximum atomic E-state index is 10.7. The summed E-state index contributed by atoms with van der Waals surface area (Å²) in [5.74, 6) is 0.660. The van der Waals surface area contributed by atoms with Crippen LogP contribution in [0.15, 0.2) is 24.4 Å². The standard InChI is InChI=1S/C16H20N2O/c1-9-8-18(2)13-6-10-7-17-12-5-3-4-11(14(10)12)15(13)16(9)19/h3-5,7,9,13,15-17,19H,6,8H2,1-2H3/p+1/t9-,13-,15?,16+/m1/s1. The van der Waals surface area contributed by atoms with Crippen molar-refractivity contribution in [2.75, 3.05) is 13.6 Å². The highest BCUT2D eigenvalue weighted by Gasteiger charge is 2.46. The predicted molar refractivity (Wildman–Crippen MR) is 75.5 cm³/mol. The van der Waals surface area contributed by atoms with Gasteiger partial charge in [0, 0.05) is 29.4 Å². The van der Waals surface area contributed by atoms with Gasteiger partial charge >= 0.3 is 0 Å². The summed E-state index contributed by atoms with van der Waals surface area (Å²) in [7, 11) is 2.28. The third kappa shape index (κ3) is 1.46. The number of aromatic amines is 1. The van der Waals surface area contributed by atoms with E-state index in [1.165, 1.54) is 22.0 Å². The molecule has 19 heavy (non-hydrogen) atoms. The quantitative estimate of drug-likeness (QED) is 0.639. The average molecular weight is 257 g/mol. The zero-order valence-corrected chi connectivity index (χ0v) is 11.5. The fourth-order valence-corrected chi connectivity index (χ4v) is 4.34. The molecule has 3 N–H and O–H groups in total. The van der Waals surface area contributed by atoms with Gasteiger partial charge in [0.05, 0.1) is 25.6 Å². The van der Waals surface area contributed by atoms with Crippen LogP contribution in [-0.2, 0) is 6.42 Å². The van der Waals surface area contributed by atoms with Gasteiger partial charge in [0.1, 0.15) is 6.04 Å². The molecular formula is C16H21N2O+. The summed E-state index contributed by atoms with van der Waals surface area (Å²) < 4.78 is 0. The van der Waals surface area contributed by atoms with Crippen molar-refractivity contribution in [1.29, 1.82) is 0 Å². The number of nitrogens with one attached hydrogen (secondary N) is 2. The lowest BCUT2D eigenvalue weighted by Gasteiger charge is -2.44. The minimum atomic E-state index is -0.206. The van der Waals surface area contributed by atoms with Gasteiger partial charge in [-0.3, -0.25) is 0 Å². The number of aliphatic hydroxyl groups is 1. The van der Waals surface area contributed by atoms with Crippen LogP contribution in [0, 0.1) is 5.92 Å². The average Bonchev–Trinajstić information content (AvgIpc) is 2.81. The summed E-state index contributed by atoms with van der Waals surface area (Å²) >= 11 is 0. The van der Waals surface area contributed by atoms with E-state index in [0.29, 0.717) is 12.0 Å². The number of hydrogen-bond donors (Lipinski definition) is 3. The second kappa shape index (κ2) is 3.84. The zero-order valence-electron chi connectivity index (χ0n) is 11.5. The molecule has 2 aromatic rings. The summed E-state index contributed by atoms with van der Waals surface area (Å²) in [6, 6.07) is 6.98. The van der Waals surface area contributed by atoms with E-state index >= 15 is 0 Å². The molecule has 1 aromatic heterocycles.